The van der Waals surface area contributed by atoms with Crippen molar-refractivity contribution in [2.75, 3.05) is 0 Å². The molecule has 0 aliphatic heterocycles. The number of aromatic nitrogens is 1. The molecule has 0 N–H and O–H groups in total. The van der Waals surface area contributed by atoms with Crippen LogP contribution in [0, 0.1) is 0 Å². The summed E-state index contributed by atoms with van der Waals surface area (Å²) in [6.45, 7) is 2.09. The summed E-state index contributed by atoms with van der Waals surface area (Å²) < 4.78 is 0. The third-order valence-electron chi connectivity index (χ3n) is 5.94. The molecule has 3 nitrogen and oxygen atoms in total. The summed E-state index contributed by atoms with van der Waals surface area (Å²) in [7, 11) is 0. The maximum Gasteiger partial charge on any atom is 0.254 e. The van der Waals surface area contributed by atoms with Gasteiger partial charge in [0.15, 0.2) is 0 Å². The maximum absolute atomic E-state index is 13.2. The molecule has 0 bridgehead atoms. The minimum atomic E-state index is 0.00854. The van der Waals surface area contributed by atoms with Crippen molar-refractivity contribution in [2.45, 2.75) is 69.9 Å². The molecule has 1 amide bonds. The molecule has 1 aromatic carbocycles. The van der Waals surface area contributed by atoms with Gasteiger partial charge in [-0.3, -0.25) is 9.78 Å². The van der Waals surface area contributed by atoms with Crippen molar-refractivity contribution in [3.05, 3.63) is 65.5 Å². The highest BCUT2D eigenvalue weighted by Gasteiger charge is 2.37. The Balaban J connectivity index is 1.52. The van der Waals surface area contributed by atoms with Crippen molar-refractivity contribution in [2.24, 2.45) is 0 Å². The van der Waals surface area contributed by atoms with Crippen molar-refractivity contribution in [3.63, 3.8) is 0 Å². The fourth-order valence-electron chi connectivity index (χ4n) is 4.26. The second kappa shape index (κ2) is 7.61. The van der Waals surface area contributed by atoms with Crippen LogP contribution in [0.1, 0.15) is 85.4 Å². The van der Waals surface area contributed by atoms with E-state index in [0.29, 0.717) is 12.0 Å². The van der Waals surface area contributed by atoms with Gasteiger partial charge in [0, 0.05) is 17.8 Å². The van der Waals surface area contributed by atoms with E-state index in [1.807, 2.05) is 35.2 Å². The smallest absolute Gasteiger partial charge is 0.254 e. The van der Waals surface area contributed by atoms with E-state index >= 15 is 0 Å². The lowest BCUT2D eigenvalue weighted by Crippen LogP contribution is -2.36. The summed E-state index contributed by atoms with van der Waals surface area (Å²) >= 11 is 0. The van der Waals surface area contributed by atoms with E-state index < -0.39 is 0 Å². The molecule has 2 aromatic rings. The molecule has 0 spiro atoms. The molecule has 0 saturated heterocycles. The summed E-state index contributed by atoms with van der Waals surface area (Å²) in [4.78, 5) is 19.7. The summed E-state index contributed by atoms with van der Waals surface area (Å²) in [6, 6.07) is 14.7. The van der Waals surface area contributed by atoms with Crippen LogP contribution >= 0.6 is 0 Å². The molecule has 1 atom stereocenters. The van der Waals surface area contributed by atoms with Crippen LogP contribution in [0.3, 0.4) is 0 Å². The molecular formula is C23H28N2O. The number of carbonyl (C=O) groups is 1. The minimum Gasteiger partial charge on any atom is -0.327 e. The first-order valence-corrected chi connectivity index (χ1v) is 10.1. The molecule has 2 aliphatic carbocycles. The van der Waals surface area contributed by atoms with Gasteiger partial charge in [-0.25, -0.2) is 0 Å². The fraction of sp³-hybridized carbons (Fsp3) is 0.478. The zero-order chi connectivity index (χ0) is 17.9. The van der Waals surface area contributed by atoms with Gasteiger partial charge in [0.05, 0.1) is 11.7 Å². The summed E-state index contributed by atoms with van der Waals surface area (Å²) in [6.07, 6.45) is 10.6. The van der Waals surface area contributed by atoms with E-state index in [-0.39, 0.29) is 11.9 Å². The minimum absolute atomic E-state index is 0.00854. The molecule has 1 unspecified atom stereocenters. The van der Waals surface area contributed by atoms with Gasteiger partial charge < -0.3 is 4.90 Å². The van der Waals surface area contributed by atoms with E-state index in [1.54, 1.807) is 6.20 Å². The van der Waals surface area contributed by atoms with Gasteiger partial charge in [-0.2, -0.15) is 0 Å². The van der Waals surface area contributed by atoms with Gasteiger partial charge in [-0.05, 0) is 68.4 Å². The third kappa shape index (κ3) is 3.67. The van der Waals surface area contributed by atoms with Gasteiger partial charge in [0.1, 0.15) is 0 Å². The second-order valence-corrected chi connectivity index (χ2v) is 7.83. The maximum atomic E-state index is 13.2. The Morgan fingerprint density at radius 3 is 2.35 bits per heavy atom. The zero-order valence-corrected chi connectivity index (χ0v) is 15.6. The van der Waals surface area contributed by atoms with E-state index in [9.17, 15) is 4.79 Å². The van der Waals surface area contributed by atoms with E-state index in [4.69, 9.17) is 0 Å². The Bertz CT molecular complexity index is 731. The first-order valence-electron chi connectivity index (χ1n) is 10.1. The van der Waals surface area contributed by atoms with Gasteiger partial charge in [0.25, 0.3) is 5.91 Å². The number of rotatable bonds is 5. The lowest BCUT2D eigenvalue weighted by molar-refractivity contribution is 0.0670. The molecule has 2 saturated carbocycles. The van der Waals surface area contributed by atoms with Gasteiger partial charge in [-0.1, -0.05) is 37.5 Å². The number of hydrogen-bond acceptors (Lipinski definition) is 2. The standard InChI is InChI=1S/C23H28N2O/c1-17(22-9-5-6-16-24-22)25(21-14-15-21)23(26)20-12-10-19(11-13-20)18-7-3-2-4-8-18/h5-6,9-13,16-18,21H,2-4,7-8,14-15H2,1H3. The number of carbonyl (C=O) groups excluding carboxylic acids is 1. The molecule has 4 rings (SSSR count). The highest BCUT2D eigenvalue weighted by Crippen LogP contribution is 2.36. The molecule has 0 radical (unpaired) electrons. The van der Waals surface area contributed by atoms with Crippen LogP contribution in [0.4, 0.5) is 0 Å². The number of pyridine rings is 1. The molecule has 3 heteroatoms. The highest BCUT2D eigenvalue weighted by atomic mass is 16.2. The quantitative estimate of drug-likeness (QED) is 0.715. The summed E-state index contributed by atoms with van der Waals surface area (Å²) in [5.41, 5.74) is 3.17. The van der Waals surface area contributed by atoms with E-state index in [2.05, 4.69) is 24.0 Å². The predicted molar refractivity (Wildman–Crippen MR) is 104 cm³/mol. The Morgan fingerprint density at radius 2 is 1.73 bits per heavy atom. The van der Waals surface area contributed by atoms with Crippen LogP contribution in [0.15, 0.2) is 48.7 Å². The number of benzene rings is 1. The average Bonchev–Trinajstić information content (AvgIpc) is 3.54. The Labute approximate surface area is 156 Å². The first-order chi connectivity index (χ1) is 12.7. The molecule has 1 aromatic heterocycles. The largest absolute Gasteiger partial charge is 0.327 e. The van der Waals surface area contributed by atoms with Crippen LogP contribution < -0.4 is 0 Å². The fourth-order valence-corrected chi connectivity index (χ4v) is 4.26. The lowest BCUT2D eigenvalue weighted by Gasteiger charge is -2.29. The summed E-state index contributed by atoms with van der Waals surface area (Å²) in [5.74, 6) is 0.820. The molecule has 2 aliphatic rings. The monoisotopic (exact) mass is 348 g/mol. The van der Waals surface area contributed by atoms with Crippen molar-refractivity contribution < 1.29 is 4.79 Å². The van der Waals surface area contributed by atoms with Crippen molar-refractivity contribution in [1.82, 2.24) is 9.88 Å². The van der Waals surface area contributed by atoms with Crippen molar-refractivity contribution in [1.29, 1.82) is 0 Å². The highest BCUT2D eigenvalue weighted by molar-refractivity contribution is 5.95. The van der Waals surface area contributed by atoms with Crippen LogP contribution in [0.25, 0.3) is 0 Å². The molecular weight excluding hydrogens is 320 g/mol. The topological polar surface area (TPSA) is 33.2 Å². The lowest BCUT2D eigenvalue weighted by atomic mass is 9.84. The molecule has 26 heavy (non-hydrogen) atoms. The van der Waals surface area contributed by atoms with E-state index in [1.165, 1.54) is 37.7 Å². The first kappa shape index (κ1) is 17.3. The summed E-state index contributed by atoms with van der Waals surface area (Å²) in [5, 5.41) is 0. The Kier molecular flexibility index (Phi) is 5.05. The predicted octanol–water partition coefficient (Wildman–Crippen LogP) is 5.50. The van der Waals surface area contributed by atoms with E-state index in [0.717, 1.165) is 24.1 Å². The Hall–Kier alpha value is -2.16. The van der Waals surface area contributed by atoms with Crippen LogP contribution in [-0.4, -0.2) is 21.8 Å². The van der Waals surface area contributed by atoms with Gasteiger partial charge in [-0.15, -0.1) is 0 Å². The van der Waals surface area contributed by atoms with Crippen molar-refractivity contribution in [3.8, 4) is 0 Å². The number of hydrogen-bond donors (Lipinski definition) is 0. The molecule has 2 fully saturated rings. The van der Waals surface area contributed by atoms with Crippen LogP contribution in [-0.2, 0) is 0 Å². The molecule has 136 valence electrons. The SMILES string of the molecule is CC(c1ccccn1)N(C(=O)c1ccc(C2CCCCC2)cc1)C1CC1. The third-order valence-corrected chi connectivity index (χ3v) is 5.94. The van der Waals surface area contributed by atoms with Crippen LogP contribution in [0.5, 0.6) is 0 Å². The average molecular weight is 348 g/mol. The molecule has 1 heterocycles. The number of nitrogens with zero attached hydrogens (tertiary/aromatic N) is 2. The van der Waals surface area contributed by atoms with Crippen LogP contribution in [0.2, 0.25) is 0 Å². The second-order valence-electron chi connectivity index (χ2n) is 7.83. The number of amides is 1. The normalized spacial score (nSPS) is 19.1. The zero-order valence-electron chi connectivity index (χ0n) is 15.6. The Morgan fingerprint density at radius 1 is 1.00 bits per heavy atom. The van der Waals surface area contributed by atoms with Crippen molar-refractivity contribution >= 4 is 5.91 Å². The van der Waals surface area contributed by atoms with Gasteiger partial charge >= 0.3 is 0 Å². The van der Waals surface area contributed by atoms with Gasteiger partial charge in [0.2, 0.25) is 0 Å².